The van der Waals surface area contributed by atoms with Crippen LogP contribution in [0.2, 0.25) is 0 Å². The van der Waals surface area contributed by atoms with Crippen molar-refractivity contribution < 1.29 is 26.3 Å². The fourth-order valence-electron chi connectivity index (χ4n) is 8.67. The van der Waals surface area contributed by atoms with Crippen LogP contribution in [0.25, 0.3) is 11.1 Å². The highest BCUT2D eigenvalue weighted by Gasteiger charge is 2.31. The summed E-state index contributed by atoms with van der Waals surface area (Å²) in [5, 5.41) is 0. The van der Waals surface area contributed by atoms with Gasteiger partial charge in [-0.3, -0.25) is 0 Å². The van der Waals surface area contributed by atoms with Gasteiger partial charge in [0.05, 0.1) is 0 Å². The van der Waals surface area contributed by atoms with E-state index in [0.29, 0.717) is 22.6 Å². The molecule has 47 heavy (non-hydrogen) atoms. The van der Waals surface area contributed by atoms with Gasteiger partial charge in [-0.25, -0.2) is 26.3 Å². The van der Waals surface area contributed by atoms with Crippen LogP contribution in [-0.2, 0) is 0 Å². The first-order chi connectivity index (χ1) is 22.7. The van der Waals surface area contributed by atoms with Crippen LogP contribution in [0.3, 0.4) is 0 Å². The first-order valence-electron chi connectivity index (χ1n) is 18.1. The minimum absolute atomic E-state index is 0.183. The molecule has 0 heterocycles. The molecule has 0 radical (unpaired) electrons. The van der Waals surface area contributed by atoms with Crippen LogP contribution in [0.4, 0.5) is 26.3 Å². The molecular formula is C41H50F6. The molecule has 0 nitrogen and oxygen atoms in total. The Morgan fingerprint density at radius 2 is 0.894 bits per heavy atom. The molecule has 0 bridgehead atoms. The minimum atomic E-state index is -1.42. The molecule has 0 saturated heterocycles. The lowest BCUT2D eigenvalue weighted by atomic mass is 9.68. The van der Waals surface area contributed by atoms with E-state index < -0.39 is 34.9 Å². The van der Waals surface area contributed by atoms with Gasteiger partial charge in [0.1, 0.15) is 0 Å². The molecule has 0 unspecified atom stereocenters. The maximum atomic E-state index is 13.4. The Kier molecular flexibility index (Phi) is 12.5. The number of rotatable bonds is 7. The highest BCUT2D eigenvalue weighted by atomic mass is 19.2. The number of halogens is 6. The van der Waals surface area contributed by atoms with Crippen LogP contribution in [0.15, 0.2) is 48.5 Å². The van der Waals surface area contributed by atoms with E-state index in [1.807, 2.05) is 24.3 Å². The molecule has 6 heteroatoms. The Morgan fingerprint density at radius 1 is 0.468 bits per heavy atom. The van der Waals surface area contributed by atoms with Crippen LogP contribution in [-0.4, -0.2) is 0 Å². The van der Waals surface area contributed by atoms with Crippen LogP contribution < -0.4 is 0 Å². The van der Waals surface area contributed by atoms with Gasteiger partial charge in [0.15, 0.2) is 34.9 Å². The smallest absolute Gasteiger partial charge is 0.194 e. The van der Waals surface area contributed by atoms with Crippen molar-refractivity contribution in [1.82, 2.24) is 0 Å². The molecular weight excluding hydrogens is 606 g/mol. The second-order valence-electron chi connectivity index (χ2n) is 14.5. The quantitative estimate of drug-likeness (QED) is 0.175. The van der Waals surface area contributed by atoms with Gasteiger partial charge in [0.25, 0.3) is 0 Å². The first kappa shape index (κ1) is 35.5. The summed E-state index contributed by atoms with van der Waals surface area (Å²) in [5.74, 6) is -3.00. The third-order valence-corrected chi connectivity index (χ3v) is 11.6. The van der Waals surface area contributed by atoms with Crippen LogP contribution >= 0.6 is 0 Å². The number of hydrogen-bond donors (Lipinski definition) is 0. The zero-order valence-electron chi connectivity index (χ0n) is 28.0. The highest BCUT2D eigenvalue weighted by Crippen LogP contribution is 2.44. The average Bonchev–Trinajstić information content (AvgIpc) is 3.10. The summed E-state index contributed by atoms with van der Waals surface area (Å²) in [6.07, 6.45) is 18.6. The summed E-state index contributed by atoms with van der Waals surface area (Å²) < 4.78 is 79.8. The van der Waals surface area contributed by atoms with Gasteiger partial charge in [-0.1, -0.05) is 70.2 Å². The molecule has 0 aromatic heterocycles. The van der Waals surface area contributed by atoms with Crippen molar-refractivity contribution in [3.63, 3.8) is 0 Å². The van der Waals surface area contributed by atoms with Gasteiger partial charge < -0.3 is 0 Å². The lowest BCUT2D eigenvalue weighted by Crippen LogP contribution is -2.25. The van der Waals surface area contributed by atoms with Gasteiger partial charge >= 0.3 is 0 Å². The Morgan fingerprint density at radius 3 is 1.38 bits per heavy atom. The van der Waals surface area contributed by atoms with Gasteiger partial charge in [0, 0.05) is 0 Å². The summed E-state index contributed by atoms with van der Waals surface area (Å²) in [6, 6.07) is 12.3. The van der Waals surface area contributed by atoms with Gasteiger partial charge in [-0.15, -0.1) is 0 Å². The second kappa shape index (κ2) is 16.6. The van der Waals surface area contributed by atoms with E-state index in [9.17, 15) is 26.3 Å². The Hall–Kier alpha value is -2.76. The molecule has 3 aromatic rings. The first-order valence-corrected chi connectivity index (χ1v) is 18.1. The SMILES string of the molecule is CCC1CCC(C2CCC(c3cc(F)c(F)c(F)c3)CC2)CC1.CCCC1CCC(c2ccc(-c3cc(F)c(F)c(F)c3)cc2)CC1. The minimum Gasteiger partial charge on any atom is -0.204 e. The molecule has 3 saturated carbocycles. The molecule has 0 aliphatic heterocycles. The Balaban J connectivity index is 0.000000185. The van der Waals surface area contributed by atoms with E-state index in [1.54, 1.807) is 0 Å². The standard InChI is InChI=1S/C21H23F3.C20H27F3/c1-2-3-14-4-6-15(7-5-14)16-8-10-17(11-9-16)18-12-19(22)21(24)20(23)13-18;1-2-13-3-5-14(6-4-13)15-7-9-16(10-8-15)17-11-18(21)20(23)19(22)12-17/h8-15H,2-7H2,1H3;11-16H,2-10H2,1H3. The molecule has 256 valence electrons. The predicted molar refractivity (Wildman–Crippen MR) is 178 cm³/mol. The number of benzene rings is 3. The third-order valence-electron chi connectivity index (χ3n) is 11.6. The number of hydrogen-bond acceptors (Lipinski definition) is 0. The molecule has 3 aliphatic rings. The van der Waals surface area contributed by atoms with Crippen molar-refractivity contribution in [2.75, 3.05) is 0 Å². The van der Waals surface area contributed by atoms with Crippen LogP contribution in [0.5, 0.6) is 0 Å². The van der Waals surface area contributed by atoms with Crippen LogP contribution in [0, 0.1) is 58.6 Å². The summed E-state index contributed by atoms with van der Waals surface area (Å²) in [4.78, 5) is 0. The largest absolute Gasteiger partial charge is 0.204 e. The molecule has 0 amide bonds. The Labute approximate surface area is 277 Å². The summed E-state index contributed by atoms with van der Waals surface area (Å²) in [6.45, 7) is 4.53. The van der Waals surface area contributed by atoms with E-state index >= 15 is 0 Å². The summed E-state index contributed by atoms with van der Waals surface area (Å²) >= 11 is 0. The molecule has 0 atom stereocenters. The molecule has 3 fully saturated rings. The van der Waals surface area contributed by atoms with E-state index in [0.717, 1.165) is 61.5 Å². The zero-order valence-corrected chi connectivity index (χ0v) is 28.0. The van der Waals surface area contributed by atoms with Crippen molar-refractivity contribution >= 4 is 0 Å². The van der Waals surface area contributed by atoms with Crippen molar-refractivity contribution in [2.24, 2.45) is 23.7 Å². The Bertz CT molecular complexity index is 1380. The molecule has 3 aliphatic carbocycles. The lowest BCUT2D eigenvalue weighted by molar-refractivity contribution is 0.158. The monoisotopic (exact) mass is 656 g/mol. The third kappa shape index (κ3) is 9.03. The second-order valence-corrected chi connectivity index (χ2v) is 14.5. The zero-order chi connectivity index (χ0) is 33.5. The van der Waals surface area contributed by atoms with Crippen molar-refractivity contribution in [2.45, 2.75) is 122 Å². The van der Waals surface area contributed by atoms with E-state index in [1.165, 1.54) is 88.3 Å². The molecule has 0 spiro atoms. The maximum absolute atomic E-state index is 13.4. The fourth-order valence-corrected chi connectivity index (χ4v) is 8.67. The van der Waals surface area contributed by atoms with Crippen molar-refractivity contribution in [1.29, 1.82) is 0 Å². The topological polar surface area (TPSA) is 0 Å². The molecule has 6 rings (SSSR count). The fraction of sp³-hybridized carbons (Fsp3) is 0.561. The highest BCUT2D eigenvalue weighted by molar-refractivity contribution is 5.64. The van der Waals surface area contributed by atoms with Crippen molar-refractivity contribution in [3.8, 4) is 11.1 Å². The summed E-state index contributed by atoms with van der Waals surface area (Å²) in [5.41, 5.74) is 2.99. The molecule has 0 N–H and O–H groups in total. The predicted octanol–water partition coefficient (Wildman–Crippen LogP) is 13.4. The van der Waals surface area contributed by atoms with Gasteiger partial charge in [-0.2, -0.15) is 0 Å². The molecule has 3 aromatic carbocycles. The average molecular weight is 657 g/mol. The van der Waals surface area contributed by atoms with E-state index in [2.05, 4.69) is 13.8 Å². The van der Waals surface area contributed by atoms with E-state index in [4.69, 9.17) is 0 Å². The van der Waals surface area contributed by atoms with Gasteiger partial charge in [0.2, 0.25) is 0 Å². The summed E-state index contributed by atoms with van der Waals surface area (Å²) in [7, 11) is 0. The van der Waals surface area contributed by atoms with E-state index in [-0.39, 0.29) is 5.92 Å². The van der Waals surface area contributed by atoms with Crippen molar-refractivity contribution in [3.05, 3.63) is 94.6 Å². The normalized spacial score (nSPS) is 26.4. The van der Waals surface area contributed by atoms with Crippen LogP contribution in [0.1, 0.15) is 133 Å². The lowest BCUT2D eigenvalue weighted by Gasteiger charge is -2.38. The van der Waals surface area contributed by atoms with Gasteiger partial charge in [-0.05, 0) is 146 Å². The maximum Gasteiger partial charge on any atom is 0.194 e.